The van der Waals surface area contributed by atoms with E-state index >= 15 is 0 Å². The van der Waals surface area contributed by atoms with Gasteiger partial charge in [-0.3, -0.25) is 0 Å². The lowest BCUT2D eigenvalue weighted by Gasteiger charge is -2.13. The molecule has 0 saturated heterocycles. The van der Waals surface area contributed by atoms with Gasteiger partial charge in [-0.2, -0.15) is 0 Å². The van der Waals surface area contributed by atoms with Gasteiger partial charge in [-0.25, -0.2) is 0 Å². The maximum absolute atomic E-state index is 3.62. The molecule has 0 spiro atoms. The van der Waals surface area contributed by atoms with Crippen LogP contribution in [0.5, 0.6) is 0 Å². The molecule has 61 valence electrons. The van der Waals surface area contributed by atoms with E-state index in [2.05, 4.69) is 32.7 Å². The molecule has 0 fully saturated rings. The molecule has 0 saturated carbocycles. The quantitative estimate of drug-likeness (QED) is 0.605. The Morgan fingerprint density at radius 3 is 2.00 bits per heavy atom. The van der Waals surface area contributed by atoms with Gasteiger partial charge in [0.2, 0.25) is 0 Å². The van der Waals surface area contributed by atoms with Crippen LogP contribution >= 0.6 is 0 Å². The van der Waals surface area contributed by atoms with E-state index in [1.165, 1.54) is 18.6 Å². The van der Waals surface area contributed by atoms with E-state index in [-0.39, 0.29) is 8.96 Å². The first-order valence-electron chi connectivity index (χ1n) is 4.29. The second-order valence-corrected chi connectivity index (χ2v) is 6.06. The Morgan fingerprint density at radius 1 is 1.20 bits per heavy atom. The van der Waals surface area contributed by atoms with Crippen molar-refractivity contribution in [3.63, 3.8) is 0 Å². The van der Waals surface area contributed by atoms with Crippen LogP contribution in [-0.4, -0.2) is 15.5 Å². The van der Waals surface area contributed by atoms with E-state index in [0.717, 1.165) is 5.92 Å². The zero-order valence-corrected chi connectivity index (χ0v) is 8.70. The van der Waals surface area contributed by atoms with Crippen molar-refractivity contribution in [2.75, 3.05) is 6.54 Å². The maximum atomic E-state index is 3.62. The number of nitrogens with one attached hydrogen (secondary N) is 1. The molecule has 0 aliphatic heterocycles. The first-order valence-corrected chi connectivity index (χ1v) is 6.20. The van der Waals surface area contributed by atoms with E-state index in [0.29, 0.717) is 0 Å². The van der Waals surface area contributed by atoms with Gasteiger partial charge in [0.15, 0.2) is 0 Å². The largest absolute Gasteiger partial charge is 0.338 e. The molecule has 0 aromatic rings. The average Bonchev–Trinajstić information content (AvgIpc) is 1.90. The molecule has 0 aliphatic carbocycles. The van der Waals surface area contributed by atoms with Crippen LogP contribution in [0.15, 0.2) is 0 Å². The van der Waals surface area contributed by atoms with Gasteiger partial charge in [0, 0.05) is 0 Å². The van der Waals surface area contributed by atoms with Crippen LogP contribution in [0.4, 0.5) is 0 Å². The zero-order chi connectivity index (χ0) is 7.98. The number of hydrogen-bond donors (Lipinski definition) is 1. The topological polar surface area (TPSA) is 12.0 Å². The molecule has 0 aliphatic rings. The SMILES string of the molecule is CC[Si](CC)NCC(C)C. The molecule has 1 N–H and O–H groups in total. The highest BCUT2D eigenvalue weighted by atomic mass is 28.3. The highest BCUT2D eigenvalue weighted by molar-refractivity contribution is 6.55. The van der Waals surface area contributed by atoms with Crippen molar-refractivity contribution in [2.45, 2.75) is 39.8 Å². The maximum Gasteiger partial charge on any atom is 0.133 e. The molecule has 0 rings (SSSR count). The third-order valence-corrected chi connectivity index (χ3v) is 4.03. The molecule has 1 nitrogen and oxygen atoms in total. The monoisotopic (exact) mass is 158 g/mol. The highest BCUT2D eigenvalue weighted by Crippen LogP contribution is 1.95. The average molecular weight is 158 g/mol. The van der Waals surface area contributed by atoms with Gasteiger partial charge >= 0.3 is 0 Å². The normalized spacial score (nSPS) is 11.4. The summed E-state index contributed by atoms with van der Waals surface area (Å²) in [5.41, 5.74) is 0. The Labute approximate surface area is 66.9 Å². The molecule has 0 aromatic carbocycles. The van der Waals surface area contributed by atoms with Gasteiger partial charge in [0.25, 0.3) is 0 Å². The summed E-state index contributed by atoms with van der Waals surface area (Å²) in [5, 5.41) is 0. The van der Waals surface area contributed by atoms with Crippen LogP contribution in [0.1, 0.15) is 27.7 Å². The predicted molar refractivity (Wildman–Crippen MR) is 49.6 cm³/mol. The Kier molecular flexibility index (Phi) is 6.03. The summed E-state index contributed by atoms with van der Waals surface area (Å²) in [4.78, 5) is 3.62. The Bertz CT molecular complexity index is 69.7. The van der Waals surface area contributed by atoms with Crippen molar-refractivity contribution in [3.8, 4) is 0 Å². The van der Waals surface area contributed by atoms with Crippen molar-refractivity contribution in [3.05, 3.63) is 0 Å². The molecule has 0 aromatic heterocycles. The van der Waals surface area contributed by atoms with Crippen molar-refractivity contribution >= 4 is 8.96 Å². The molecule has 0 unspecified atom stereocenters. The lowest BCUT2D eigenvalue weighted by Crippen LogP contribution is -2.34. The van der Waals surface area contributed by atoms with Crippen molar-refractivity contribution in [1.29, 1.82) is 0 Å². The van der Waals surface area contributed by atoms with Crippen molar-refractivity contribution < 1.29 is 0 Å². The first kappa shape index (κ1) is 10.2. The van der Waals surface area contributed by atoms with Crippen LogP contribution in [0.3, 0.4) is 0 Å². The van der Waals surface area contributed by atoms with E-state index in [9.17, 15) is 0 Å². The third-order valence-electron chi connectivity index (χ3n) is 1.61. The van der Waals surface area contributed by atoms with Gasteiger partial charge in [-0.1, -0.05) is 27.7 Å². The molecular weight excluding hydrogens is 138 g/mol. The summed E-state index contributed by atoms with van der Waals surface area (Å²) >= 11 is 0. The molecular formula is C8H20NSi. The van der Waals surface area contributed by atoms with E-state index in [4.69, 9.17) is 0 Å². The number of rotatable bonds is 5. The molecule has 1 radical (unpaired) electrons. The fraction of sp³-hybridized carbons (Fsp3) is 1.00. The predicted octanol–water partition coefficient (Wildman–Crippen LogP) is 2.26. The summed E-state index contributed by atoms with van der Waals surface area (Å²) in [6.07, 6.45) is 0. The van der Waals surface area contributed by atoms with Gasteiger partial charge in [-0.05, 0) is 24.6 Å². The van der Waals surface area contributed by atoms with Crippen molar-refractivity contribution in [2.24, 2.45) is 5.92 Å². The van der Waals surface area contributed by atoms with Crippen molar-refractivity contribution in [1.82, 2.24) is 4.98 Å². The molecule has 0 heterocycles. The molecule has 0 atom stereocenters. The second kappa shape index (κ2) is 5.92. The smallest absolute Gasteiger partial charge is 0.133 e. The minimum Gasteiger partial charge on any atom is -0.338 e. The lowest BCUT2D eigenvalue weighted by atomic mass is 10.2. The van der Waals surface area contributed by atoms with Crippen LogP contribution in [0, 0.1) is 5.92 Å². The summed E-state index contributed by atoms with van der Waals surface area (Å²) < 4.78 is 0. The summed E-state index contributed by atoms with van der Waals surface area (Å²) in [7, 11) is -0.168. The highest BCUT2D eigenvalue weighted by Gasteiger charge is 2.04. The molecule has 2 heteroatoms. The fourth-order valence-corrected chi connectivity index (χ4v) is 2.55. The fourth-order valence-electron chi connectivity index (χ4n) is 0.848. The van der Waals surface area contributed by atoms with Gasteiger partial charge in [-0.15, -0.1) is 0 Å². The minimum atomic E-state index is -0.168. The van der Waals surface area contributed by atoms with Crippen LogP contribution in [0.25, 0.3) is 0 Å². The summed E-state index contributed by atoms with van der Waals surface area (Å²) in [6, 6.07) is 2.71. The summed E-state index contributed by atoms with van der Waals surface area (Å²) in [6.45, 7) is 10.3. The molecule has 0 amide bonds. The third kappa shape index (κ3) is 5.00. The Balaban J connectivity index is 3.26. The Morgan fingerprint density at radius 2 is 1.70 bits per heavy atom. The molecule has 0 bridgehead atoms. The second-order valence-electron chi connectivity index (χ2n) is 3.09. The zero-order valence-electron chi connectivity index (χ0n) is 7.70. The Hall–Kier alpha value is 0.177. The van der Waals surface area contributed by atoms with Gasteiger partial charge in [0.1, 0.15) is 8.96 Å². The van der Waals surface area contributed by atoms with Crippen LogP contribution in [-0.2, 0) is 0 Å². The number of hydrogen-bond acceptors (Lipinski definition) is 1. The van der Waals surface area contributed by atoms with E-state index < -0.39 is 0 Å². The standard InChI is InChI=1S/C8H20NSi/c1-5-10(6-2)9-7-8(3)4/h8-9H,5-7H2,1-4H3. The van der Waals surface area contributed by atoms with Gasteiger partial charge < -0.3 is 4.98 Å². The van der Waals surface area contributed by atoms with E-state index in [1.807, 2.05) is 0 Å². The van der Waals surface area contributed by atoms with E-state index in [1.54, 1.807) is 0 Å². The molecule has 10 heavy (non-hydrogen) atoms. The lowest BCUT2D eigenvalue weighted by molar-refractivity contribution is 0.627. The minimum absolute atomic E-state index is 0.168. The van der Waals surface area contributed by atoms with Crippen LogP contribution in [0.2, 0.25) is 12.1 Å². The summed E-state index contributed by atoms with van der Waals surface area (Å²) in [5.74, 6) is 0.804. The van der Waals surface area contributed by atoms with Gasteiger partial charge in [0.05, 0.1) is 0 Å². The first-order chi connectivity index (χ1) is 4.70. The van der Waals surface area contributed by atoms with Crippen LogP contribution < -0.4 is 4.98 Å².